The third-order valence-corrected chi connectivity index (χ3v) is 1.76. The summed E-state index contributed by atoms with van der Waals surface area (Å²) in [5.74, 6) is -6.76. The molecule has 0 unspecified atom stereocenters. The maximum Gasteiger partial charge on any atom is 0.332 e. The number of aliphatic hydroxyl groups excluding tert-OH is 1. The first kappa shape index (κ1) is 17.2. The van der Waals surface area contributed by atoms with E-state index in [1.807, 2.05) is 0 Å². The summed E-state index contributed by atoms with van der Waals surface area (Å²) in [6.07, 6.45) is -0.493. The quantitative estimate of drug-likeness (QED) is 0.373. The first-order valence-corrected chi connectivity index (χ1v) is 4.19. The zero-order chi connectivity index (χ0) is 14.2. The Bertz CT molecular complexity index is 283. The van der Waals surface area contributed by atoms with Crippen LogP contribution >= 0.6 is 0 Å². The van der Waals surface area contributed by atoms with E-state index >= 15 is 0 Å². The van der Waals surface area contributed by atoms with Gasteiger partial charge in [-0.1, -0.05) is 6.92 Å². The first-order valence-electron chi connectivity index (χ1n) is 4.19. The predicted octanol–water partition coefficient (Wildman–Crippen LogP) is -1.30. The molecule has 9 nitrogen and oxygen atoms in total. The normalized spacial score (nSPS) is 9.76. The second-order valence-corrected chi connectivity index (χ2v) is 2.73. The Hall–Kier alpha value is -2.16. The van der Waals surface area contributed by atoms with E-state index < -0.39 is 42.3 Å². The van der Waals surface area contributed by atoms with Gasteiger partial charge in [-0.25, -0.2) is 4.79 Å². The number of carbonyl (C=O) groups is 4. The fraction of sp³-hybridized carbons (Fsp3) is 0.500. The van der Waals surface area contributed by atoms with Gasteiger partial charge in [-0.3, -0.25) is 14.4 Å². The van der Waals surface area contributed by atoms with Crippen LogP contribution in [-0.2, 0) is 19.2 Å². The lowest BCUT2D eigenvalue weighted by Gasteiger charge is -2.16. The van der Waals surface area contributed by atoms with Gasteiger partial charge in [-0.2, -0.15) is 0 Å². The highest BCUT2D eigenvalue weighted by Crippen LogP contribution is 2.22. The third kappa shape index (κ3) is 4.47. The molecule has 9 heteroatoms. The van der Waals surface area contributed by atoms with Gasteiger partial charge in [0.15, 0.2) is 0 Å². The minimum atomic E-state index is -2.71. The molecular weight excluding hydrogens is 240 g/mol. The van der Waals surface area contributed by atoms with Crippen LogP contribution in [-0.4, -0.2) is 56.0 Å². The van der Waals surface area contributed by atoms with E-state index in [9.17, 15) is 14.4 Å². The highest BCUT2D eigenvalue weighted by atomic mass is 16.4. The Morgan fingerprint density at radius 3 is 1.12 bits per heavy atom. The standard InChI is InChI=1S/C6H8O6.C2H4O3/c1-2-6(3(7)8,4(9)10)5(11)12;3-1-2(4)5/h2H2,1H3,(H,7,8)(H,9,10)(H,11,12);3H,1H2,(H,4,5). The Morgan fingerprint density at radius 2 is 1.12 bits per heavy atom. The van der Waals surface area contributed by atoms with E-state index in [2.05, 4.69) is 0 Å². The molecule has 0 aromatic heterocycles. The molecule has 0 saturated carbocycles. The Kier molecular flexibility index (Phi) is 7.27. The summed E-state index contributed by atoms with van der Waals surface area (Å²) in [5, 5.41) is 40.2. The molecule has 0 bridgehead atoms. The molecule has 5 N–H and O–H groups in total. The minimum Gasteiger partial charge on any atom is -0.480 e. The van der Waals surface area contributed by atoms with Crippen molar-refractivity contribution in [2.75, 3.05) is 6.61 Å². The van der Waals surface area contributed by atoms with Crippen molar-refractivity contribution in [3.8, 4) is 0 Å². The van der Waals surface area contributed by atoms with Crippen molar-refractivity contribution in [3.05, 3.63) is 0 Å². The summed E-state index contributed by atoms with van der Waals surface area (Å²) >= 11 is 0. The Morgan fingerprint density at radius 1 is 0.882 bits per heavy atom. The van der Waals surface area contributed by atoms with Crippen molar-refractivity contribution in [2.45, 2.75) is 13.3 Å². The van der Waals surface area contributed by atoms with E-state index in [4.69, 9.17) is 30.3 Å². The molecule has 0 aliphatic heterocycles. The first-order chi connectivity index (χ1) is 7.66. The fourth-order valence-corrected chi connectivity index (χ4v) is 0.728. The maximum absolute atomic E-state index is 10.4. The summed E-state index contributed by atoms with van der Waals surface area (Å²) in [4.78, 5) is 40.2. The lowest BCUT2D eigenvalue weighted by atomic mass is 9.85. The Labute approximate surface area is 94.9 Å². The largest absolute Gasteiger partial charge is 0.480 e. The topological polar surface area (TPSA) is 169 Å². The molecular formula is C8H12O9. The molecule has 0 aliphatic carbocycles. The van der Waals surface area contributed by atoms with E-state index in [1.54, 1.807) is 0 Å². The van der Waals surface area contributed by atoms with Gasteiger partial charge in [0.25, 0.3) is 5.41 Å². The van der Waals surface area contributed by atoms with Crippen LogP contribution < -0.4 is 0 Å². The molecule has 0 saturated heterocycles. The van der Waals surface area contributed by atoms with Gasteiger partial charge in [-0.15, -0.1) is 0 Å². The zero-order valence-corrected chi connectivity index (χ0v) is 8.78. The third-order valence-electron chi connectivity index (χ3n) is 1.76. The number of carboxylic acids is 4. The van der Waals surface area contributed by atoms with Gasteiger partial charge in [-0.05, 0) is 6.42 Å². The van der Waals surface area contributed by atoms with Crippen molar-refractivity contribution in [1.82, 2.24) is 0 Å². The predicted molar refractivity (Wildman–Crippen MR) is 50.4 cm³/mol. The zero-order valence-electron chi connectivity index (χ0n) is 8.78. The number of hydrogen-bond acceptors (Lipinski definition) is 5. The minimum absolute atomic E-state index is 0.493. The number of hydrogen-bond donors (Lipinski definition) is 5. The van der Waals surface area contributed by atoms with Crippen LogP contribution in [0.2, 0.25) is 0 Å². The number of aliphatic carboxylic acids is 4. The second kappa shape index (κ2) is 7.17. The average Bonchev–Trinajstić information content (AvgIpc) is 2.18. The van der Waals surface area contributed by atoms with Gasteiger partial charge in [0.1, 0.15) is 6.61 Å². The van der Waals surface area contributed by atoms with Crippen molar-refractivity contribution >= 4 is 23.9 Å². The molecule has 0 aliphatic rings. The highest BCUT2D eigenvalue weighted by Gasteiger charge is 2.52. The van der Waals surface area contributed by atoms with Crippen LogP contribution in [0.1, 0.15) is 13.3 Å². The molecule has 0 amide bonds. The SMILES string of the molecule is CCC(C(=O)O)(C(=O)O)C(=O)O.O=C(O)CO. The van der Waals surface area contributed by atoms with Gasteiger partial charge < -0.3 is 25.5 Å². The monoisotopic (exact) mass is 252 g/mol. The fourth-order valence-electron chi connectivity index (χ4n) is 0.728. The van der Waals surface area contributed by atoms with Crippen LogP contribution in [0.5, 0.6) is 0 Å². The van der Waals surface area contributed by atoms with Gasteiger partial charge in [0.2, 0.25) is 0 Å². The molecule has 0 aromatic carbocycles. The summed E-state index contributed by atoms with van der Waals surface area (Å²) < 4.78 is 0. The maximum atomic E-state index is 10.4. The van der Waals surface area contributed by atoms with Crippen molar-refractivity contribution in [3.63, 3.8) is 0 Å². The van der Waals surface area contributed by atoms with Crippen LogP contribution in [0.15, 0.2) is 0 Å². The van der Waals surface area contributed by atoms with Crippen molar-refractivity contribution in [2.24, 2.45) is 5.41 Å². The molecule has 0 radical (unpaired) electrons. The molecule has 0 spiro atoms. The van der Waals surface area contributed by atoms with Crippen LogP contribution in [0.4, 0.5) is 0 Å². The van der Waals surface area contributed by atoms with E-state index in [1.165, 1.54) is 6.92 Å². The molecule has 17 heavy (non-hydrogen) atoms. The average molecular weight is 252 g/mol. The van der Waals surface area contributed by atoms with Crippen LogP contribution in [0.3, 0.4) is 0 Å². The summed E-state index contributed by atoms with van der Waals surface area (Å²) in [7, 11) is 0. The van der Waals surface area contributed by atoms with Gasteiger partial charge in [0.05, 0.1) is 0 Å². The van der Waals surface area contributed by atoms with Gasteiger partial charge >= 0.3 is 23.9 Å². The smallest absolute Gasteiger partial charge is 0.332 e. The Balaban J connectivity index is 0. The molecule has 0 rings (SSSR count). The molecule has 0 aromatic rings. The van der Waals surface area contributed by atoms with E-state index in [0.29, 0.717) is 0 Å². The lowest BCUT2D eigenvalue weighted by molar-refractivity contribution is -0.175. The molecule has 0 atom stereocenters. The molecule has 98 valence electrons. The summed E-state index contributed by atoms with van der Waals surface area (Å²) in [6.45, 7) is 0.413. The van der Waals surface area contributed by atoms with E-state index in [0.717, 1.165) is 0 Å². The van der Waals surface area contributed by atoms with E-state index in [-0.39, 0.29) is 0 Å². The number of carboxylic acid groups (broad SMARTS) is 4. The van der Waals surface area contributed by atoms with Gasteiger partial charge in [0, 0.05) is 0 Å². The van der Waals surface area contributed by atoms with Crippen LogP contribution in [0, 0.1) is 5.41 Å². The summed E-state index contributed by atoms with van der Waals surface area (Å²) in [5.41, 5.74) is -2.71. The lowest BCUT2D eigenvalue weighted by Crippen LogP contribution is -2.45. The number of rotatable bonds is 5. The highest BCUT2D eigenvalue weighted by molar-refractivity contribution is 6.16. The van der Waals surface area contributed by atoms with Crippen molar-refractivity contribution in [1.29, 1.82) is 0 Å². The van der Waals surface area contributed by atoms with Crippen molar-refractivity contribution < 1.29 is 44.7 Å². The molecule has 0 fully saturated rings. The second-order valence-electron chi connectivity index (χ2n) is 2.73. The molecule has 0 heterocycles. The number of aliphatic hydroxyl groups is 1. The van der Waals surface area contributed by atoms with Crippen LogP contribution in [0.25, 0.3) is 0 Å². The summed E-state index contributed by atoms with van der Waals surface area (Å²) in [6, 6.07) is 0.